The SMILES string of the molecule is CCC[C@H](NC(=O)C1(C)CC1)C(=O)O. The monoisotopic (exact) mass is 199 g/mol. The Hall–Kier alpha value is -1.06. The Morgan fingerprint density at radius 1 is 1.50 bits per heavy atom. The minimum absolute atomic E-state index is 0.113. The maximum Gasteiger partial charge on any atom is 0.326 e. The molecule has 0 aromatic carbocycles. The van der Waals surface area contributed by atoms with Crippen molar-refractivity contribution < 1.29 is 14.7 Å². The second-order valence-electron chi connectivity index (χ2n) is 4.21. The number of carbonyl (C=O) groups excluding carboxylic acids is 1. The van der Waals surface area contributed by atoms with Gasteiger partial charge in [0.1, 0.15) is 6.04 Å². The minimum atomic E-state index is -0.940. The zero-order valence-electron chi connectivity index (χ0n) is 8.67. The predicted octanol–water partition coefficient (Wildman–Crippen LogP) is 1.16. The van der Waals surface area contributed by atoms with Gasteiger partial charge in [-0.15, -0.1) is 0 Å². The molecule has 0 aliphatic heterocycles. The number of carboxylic acid groups (broad SMARTS) is 1. The van der Waals surface area contributed by atoms with Crippen LogP contribution in [0.1, 0.15) is 39.5 Å². The molecule has 1 atom stereocenters. The Morgan fingerprint density at radius 2 is 2.07 bits per heavy atom. The third-order valence-corrected chi connectivity index (χ3v) is 2.73. The van der Waals surface area contributed by atoms with E-state index in [1.54, 1.807) is 0 Å². The van der Waals surface area contributed by atoms with Crippen molar-refractivity contribution in [2.45, 2.75) is 45.6 Å². The van der Waals surface area contributed by atoms with Gasteiger partial charge < -0.3 is 10.4 Å². The number of rotatable bonds is 5. The zero-order chi connectivity index (χ0) is 10.8. The zero-order valence-corrected chi connectivity index (χ0v) is 8.67. The van der Waals surface area contributed by atoms with Crippen molar-refractivity contribution in [1.82, 2.24) is 5.32 Å². The summed E-state index contributed by atoms with van der Waals surface area (Å²) in [6.07, 6.45) is 3.00. The largest absolute Gasteiger partial charge is 0.480 e. The molecule has 4 heteroatoms. The quantitative estimate of drug-likeness (QED) is 0.698. The number of amides is 1. The van der Waals surface area contributed by atoms with Crippen LogP contribution in [0.3, 0.4) is 0 Å². The number of aliphatic carboxylic acids is 1. The first-order valence-corrected chi connectivity index (χ1v) is 5.03. The minimum Gasteiger partial charge on any atom is -0.480 e. The van der Waals surface area contributed by atoms with Gasteiger partial charge in [-0.3, -0.25) is 4.79 Å². The molecular weight excluding hydrogens is 182 g/mol. The molecule has 0 bridgehead atoms. The van der Waals surface area contributed by atoms with Crippen LogP contribution >= 0.6 is 0 Å². The lowest BCUT2D eigenvalue weighted by molar-refractivity contribution is -0.142. The van der Waals surface area contributed by atoms with E-state index in [0.717, 1.165) is 19.3 Å². The Labute approximate surface area is 83.7 Å². The van der Waals surface area contributed by atoms with Gasteiger partial charge in [-0.05, 0) is 19.3 Å². The number of hydrogen-bond acceptors (Lipinski definition) is 2. The molecule has 1 aliphatic carbocycles. The molecule has 0 heterocycles. The van der Waals surface area contributed by atoms with Crippen LogP contribution in [-0.4, -0.2) is 23.0 Å². The molecule has 0 unspecified atom stereocenters. The van der Waals surface area contributed by atoms with Gasteiger partial charge in [0, 0.05) is 5.41 Å². The summed E-state index contributed by atoms with van der Waals surface area (Å²) in [6.45, 7) is 3.77. The van der Waals surface area contributed by atoms with E-state index < -0.39 is 12.0 Å². The van der Waals surface area contributed by atoms with Crippen molar-refractivity contribution in [3.05, 3.63) is 0 Å². The summed E-state index contributed by atoms with van der Waals surface area (Å²) >= 11 is 0. The number of carbonyl (C=O) groups is 2. The first kappa shape index (κ1) is 11.0. The fraction of sp³-hybridized carbons (Fsp3) is 0.800. The molecule has 0 spiro atoms. The van der Waals surface area contributed by atoms with Crippen LogP contribution < -0.4 is 5.32 Å². The molecular formula is C10H17NO3. The van der Waals surface area contributed by atoms with Crippen LogP contribution in [0.2, 0.25) is 0 Å². The maximum absolute atomic E-state index is 11.5. The lowest BCUT2D eigenvalue weighted by Gasteiger charge is -2.16. The number of hydrogen-bond donors (Lipinski definition) is 2. The van der Waals surface area contributed by atoms with Gasteiger partial charge in [-0.2, -0.15) is 0 Å². The fourth-order valence-electron chi connectivity index (χ4n) is 1.29. The Balaban J connectivity index is 2.46. The van der Waals surface area contributed by atoms with E-state index >= 15 is 0 Å². The lowest BCUT2D eigenvalue weighted by Crippen LogP contribution is -2.43. The number of nitrogens with one attached hydrogen (secondary N) is 1. The highest BCUT2D eigenvalue weighted by Crippen LogP contribution is 2.45. The average Bonchev–Trinajstić information content (AvgIpc) is 2.84. The van der Waals surface area contributed by atoms with Crippen LogP contribution in [0.25, 0.3) is 0 Å². The summed E-state index contributed by atoms with van der Waals surface area (Å²) in [5.41, 5.74) is -0.290. The smallest absolute Gasteiger partial charge is 0.326 e. The fourth-order valence-corrected chi connectivity index (χ4v) is 1.29. The summed E-state index contributed by atoms with van der Waals surface area (Å²) in [5, 5.41) is 11.4. The van der Waals surface area contributed by atoms with Crippen molar-refractivity contribution >= 4 is 11.9 Å². The highest BCUT2D eigenvalue weighted by atomic mass is 16.4. The van der Waals surface area contributed by atoms with Gasteiger partial charge in [-0.1, -0.05) is 20.3 Å². The maximum atomic E-state index is 11.5. The van der Waals surface area contributed by atoms with E-state index in [1.807, 2.05) is 13.8 Å². The summed E-state index contributed by atoms with van der Waals surface area (Å²) in [4.78, 5) is 22.3. The third-order valence-electron chi connectivity index (χ3n) is 2.73. The summed E-state index contributed by atoms with van der Waals surface area (Å²) in [5.74, 6) is -1.05. The van der Waals surface area contributed by atoms with E-state index in [0.29, 0.717) is 6.42 Å². The van der Waals surface area contributed by atoms with Gasteiger partial charge in [0.15, 0.2) is 0 Å². The second-order valence-corrected chi connectivity index (χ2v) is 4.21. The third kappa shape index (κ3) is 2.47. The Kier molecular flexibility index (Phi) is 3.13. The van der Waals surface area contributed by atoms with Gasteiger partial charge in [0.2, 0.25) is 5.91 Å². The lowest BCUT2D eigenvalue weighted by atomic mass is 10.1. The Bertz CT molecular complexity index is 246. The average molecular weight is 199 g/mol. The topological polar surface area (TPSA) is 66.4 Å². The highest BCUT2D eigenvalue weighted by molar-refractivity contribution is 5.88. The van der Waals surface area contributed by atoms with Crippen LogP contribution in [-0.2, 0) is 9.59 Å². The molecule has 2 N–H and O–H groups in total. The van der Waals surface area contributed by atoms with Crippen molar-refractivity contribution in [3.63, 3.8) is 0 Å². The molecule has 1 aliphatic rings. The van der Waals surface area contributed by atoms with Crippen LogP contribution in [0.15, 0.2) is 0 Å². The molecule has 1 saturated carbocycles. The van der Waals surface area contributed by atoms with E-state index in [-0.39, 0.29) is 11.3 Å². The van der Waals surface area contributed by atoms with Crippen molar-refractivity contribution in [1.29, 1.82) is 0 Å². The normalized spacial score (nSPS) is 19.9. The summed E-state index contributed by atoms with van der Waals surface area (Å²) < 4.78 is 0. The van der Waals surface area contributed by atoms with Gasteiger partial charge in [0.05, 0.1) is 0 Å². The number of carboxylic acids is 1. The van der Waals surface area contributed by atoms with Crippen LogP contribution in [0, 0.1) is 5.41 Å². The van der Waals surface area contributed by atoms with Crippen LogP contribution in [0.5, 0.6) is 0 Å². The van der Waals surface area contributed by atoms with E-state index in [4.69, 9.17) is 5.11 Å². The predicted molar refractivity (Wildman–Crippen MR) is 51.8 cm³/mol. The highest BCUT2D eigenvalue weighted by Gasteiger charge is 2.45. The molecule has 1 amide bonds. The molecule has 80 valence electrons. The second kappa shape index (κ2) is 3.98. The summed E-state index contributed by atoms with van der Waals surface area (Å²) in [6, 6.07) is -0.718. The van der Waals surface area contributed by atoms with Crippen molar-refractivity contribution in [2.24, 2.45) is 5.41 Å². The molecule has 0 radical (unpaired) electrons. The van der Waals surface area contributed by atoms with Crippen molar-refractivity contribution in [3.8, 4) is 0 Å². The van der Waals surface area contributed by atoms with E-state index in [2.05, 4.69) is 5.32 Å². The Morgan fingerprint density at radius 3 is 2.43 bits per heavy atom. The van der Waals surface area contributed by atoms with Gasteiger partial charge >= 0.3 is 5.97 Å². The van der Waals surface area contributed by atoms with Crippen LogP contribution in [0.4, 0.5) is 0 Å². The van der Waals surface area contributed by atoms with E-state index in [1.165, 1.54) is 0 Å². The molecule has 0 aromatic heterocycles. The molecule has 0 saturated heterocycles. The molecule has 0 aromatic rings. The van der Waals surface area contributed by atoms with Crippen molar-refractivity contribution in [2.75, 3.05) is 0 Å². The van der Waals surface area contributed by atoms with Gasteiger partial charge in [0.25, 0.3) is 0 Å². The standard InChI is InChI=1S/C10H17NO3/c1-3-4-7(8(12)13)11-9(14)10(2)5-6-10/h7H,3-6H2,1-2H3,(H,11,14)(H,12,13)/t7-/m0/s1. The molecule has 1 fully saturated rings. The first-order chi connectivity index (χ1) is 6.49. The molecule has 14 heavy (non-hydrogen) atoms. The first-order valence-electron chi connectivity index (χ1n) is 5.03. The summed E-state index contributed by atoms with van der Waals surface area (Å²) in [7, 11) is 0. The van der Waals surface area contributed by atoms with E-state index in [9.17, 15) is 9.59 Å². The van der Waals surface area contributed by atoms with Gasteiger partial charge in [-0.25, -0.2) is 4.79 Å². The molecule has 1 rings (SSSR count). The molecule has 4 nitrogen and oxygen atoms in total.